The third kappa shape index (κ3) is 3.64. The number of methoxy groups -OCH3 is 1. The monoisotopic (exact) mass is 211 g/mol. The standard InChI is InChI=1S/C11H21N3O/c1-4-14-8-10(7-13-14)11(12)6-5-9(2)15-3/h7-9,11H,4-6,12H2,1-3H3. The highest BCUT2D eigenvalue weighted by Gasteiger charge is 2.10. The average Bonchev–Trinajstić information content (AvgIpc) is 2.73. The van der Waals surface area contributed by atoms with Gasteiger partial charge in [0, 0.05) is 31.5 Å². The molecule has 0 aliphatic carbocycles. The molecule has 0 aliphatic rings. The van der Waals surface area contributed by atoms with Crippen LogP contribution in [0.2, 0.25) is 0 Å². The fraction of sp³-hybridized carbons (Fsp3) is 0.727. The highest BCUT2D eigenvalue weighted by atomic mass is 16.5. The summed E-state index contributed by atoms with van der Waals surface area (Å²) in [5, 5.41) is 4.21. The van der Waals surface area contributed by atoms with Crippen molar-refractivity contribution in [3.63, 3.8) is 0 Å². The van der Waals surface area contributed by atoms with E-state index in [0.717, 1.165) is 24.9 Å². The molecule has 1 heterocycles. The molecule has 0 aromatic carbocycles. The molecule has 2 N–H and O–H groups in total. The molecule has 1 aromatic rings. The zero-order chi connectivity index (χ0) is 11.3. The molecule has 0 spiro atoms. The molecule has 15 heavy (non-hydrogen) atoms. The number of hydrogen-bond acceptors (Lipinski definition) is 3. The first-order chi connectivity index (χ1) is 7.17. The maximum Gasteiger partial charge on any atom is 0.0543 e. The van der Waals surface area contributed by atoms with E-state index in [9.17, 15) is 0 Å². The van der Waals surface area contributed by atoms with Crippen LogP contribution in [-0.4, -0.2) is 23.0 Å². The minimum Gasteiger partial charge on any atom is -0.382 e. The maximum atomic E-state index is 6.06. The lowest BCUT2D eigenvalue weighted by atomic mass is 10.0. The number of rotatable bonds is 6. The van der Waals surface area contributed by atoms with E-state index in [1.165, 1.54) is 0 Å². The first-order valence-corrected chi connectivity index (χ1v) is 5.48. The van der Waals surface area contributed by atoms with Crippen molar-refractivity contribution in [3.8, 4) is 0 Å². The van der Waals surface area contributed by atoms with E-state index in [1.54, 1.807) is 7.11 Å². The van der Waals surface area contributed by atoms with Crippen molar-refractivity contribution in [3.05, 3.63) is 18.0 Å². The summed E-state index contributed by atoms with van der Waals surface area (Å²) < 4.78 is 7.08. The molecule has 0 amide bonds. The molecule has 0 fully saturated rings. The second kappa shape index (κ2) is 5.88. The van der Waals surface area contributed by atoms with Gasteiger partial charge in [0.25, 0.3) is 0 Å². The van der Waals surface area contributed by atoms with Crippen molar-refractivity contribution in [1.29, 1.82) is 0 Å². The predicted octanol–water partition coefficient (Wildman–Crippen LogP) is 1.72. The van der Waals surface area contributed by atoms with Gasteiger partial charge in [-0.1, -0.05) is 0 Å². The molecule has 4 nitrogen and oxygen atoms in total. The lowest BCUT2D eigenvalue weighted by molar-refractivity contribution is 0.107. The fourth-order valence-corrected chi connectivity index (χ4v) is 1.44. The van der Waals surface area contributed by atoms with Gasteiger partial charge >= 0.3 is 0 Å². The van der Waals surface area contributed by atoms with Crippen molar-refractivity contribution in [1.82, 2.24) is 9.78 Å². The third-order valence-electron chi connectivity index (χ3n) is 2.69. The van der Waals surface area contributed by atoms with Crippen LogP contribution in [0.15, 0.2) is 12.4 Å². The average molecular weight is 211 g/mol. The predicted molar refractivity (Wildman–Crippen MR) is 60.5 cm³/mol. The second-order valence-corrected chi connectivity index (χ2v) is 3.86. The molecule has 0 aliphatic heterocycles. The van der Waals surface area contributed by atoms with Gasteiger partial charge in [-0.15, -0.1) is 0 Å². The minimum absolute atomic E-state index is 0.0721. The molecule has 4 heteroatoms. The minimum atomic E-state index is 0.0721. The Morgan fingerprint density at radius 3 is 2.80 bits per heavy atom. The van der Waals surface area contributed by atoms with Crippen LogP contribution in [0.1, 0.15) is 38.3 Å². The molecule has 0 radical (unpaired) electrons. The van der Waals surface area contributed by atoms with Crippen molar-refractivity contribution >= 4 is 0 Å². The Balaban J connectivity index is 2.42. The highest BCUT2D eigenvalue weighted by Crippen LogP contribution is 2.16. The van der Waals surface area contributed by atoms with E-state index < -0.39 is 0 Å². The Bertz CT molecular complexity index is 285. The van der Waals surface area contributed by atoms with Gasteiger partial charge in [-0.3, -0.25) is 4.68 Å². The zero-order valence-electron chi connectivity index (χ0n) is 9.81. The summed E-state index contributed by atoms with van der Waals surface area (Å²) >= 11 is 0. The molecular weight excluding hydrogens is 190 g/mol. The van der Waals surface area contributed by atoms with Crippen LogP contribution in [0.5, 0.6) is 0 Å². The molecule has 1 rings (SSSR count). The number of nitrogens with zero attached hydrogens (tertiary/aromatic N) is 2. The van der Waals surface area contributed by atoms with Crippen LogP contribution in [0.4, 0.5) is 0 Å². The van der Waals surface area contributed by atoms with Crippen molar-refractivity contribution < 1.29 is 4.74 Å². The Kier molecular flexibility index (Phi) is 4.78. The molecule has 1 aromatic heterocycles. The number of ether oxygens (including phenoxy) is 1. The van der Waals surface area contributed by atoms with Gasteiger partial charge in [0.05, 0.1) is 12.3 Å². The van der Waals surface area contributed by atoms with E-state index in [1.807, 2.05) is 17.1 Å². The van der Waals surface area contributed by atoms with Crippen molar-refractivity contribution in [2.75, 3.05) is 7.11 Å². The largest absolute Gasteiger partial charge is 0.382 e. The third-order valence-corrected chi connectivity index (χ3v) is 2.69. The molecule has 0 bridgehead atoms. The van der Waals surface area contributed by atoms with Gasteiger partial charge in [-0.05, 0) is 26.7 Å². The van der Waals surface area contributed by atoms with Crippen molar-refractivity contribution in [2.45, 2.75) is 45.4 Å². The van der Waals surface area contributed by atoms with Crippen LogP contribution >= 0.6 is 0 Å². The molecule has 0 saturated carbocycles. The first kappa shape index (κ1) is 12.2. The maximum absolute atomic E-state index is 6.06. The summed E-state index contributed by atoms with van der Waals surface area (Å²) in [7, 11) is 1.73. The summed E-state index contributed by atoms with van der Waals surface area (Å²) in [4.78, 5) is 0. The van der Waals surface area contributed by atoms with Gasteiger partial charge in [0.15, 0.2) is 0 Å². The fourth-order valence-electron chi connectivity index (χ4n) is 1.44. The zero-order valence-corrected chi connectivity index (χ0v) is 9.81. The van der Waals surface area contributed by atoms with Gasteiger partial charge in [-0.2, -0.15) is 5.10 Å². The van der Waals surface area contributed by atoms with Gasteiger partial charge in [-0.25, -0.2) is 0 Å². The normalized spacial score (nSPS) is 15.2. The molecule has 86 valence electrons. The van der Waals surface area contributed by atoms with Crippen LogP contribution in [0, 0.1) is 0 Å². The number of nitrogens with two attached hydrogens (primary N) is 1. The number of hydrogen-bond donors (Lipinski definition) is 1. The van der Waals surface area contributed by atoms with Gasteiger partial charge in [0.1, 0.15) is 0 Å². The topological polar surface area (TPSA) is 53.1 Å². The van der Waals surface area contributed by atoms with Gasteiger partial charge in [0.2, 0.25) is 0 Å². The Morgan fingerprint density at radius 1 is 1.53 bits per heavy atom. The Labute approximate surface area is 91.4 Å². The quantitative estimate of drug-likeness (QED) is 0.779. The van der Waals surface area contributed by atoms with E-state index in [-0.39, 0.29) is 12.1 Å². The Morgan fingerprint density at radius 2 is 2.27 bits per heavy atom. The van der Waals surface area contributed by atoms with E-state index in [4.69, 9.17) is 10.5 Å². The molecular formula is C11H21N3O. The lowest BCUT2D eigenvalue weighted by Crippen LogP contribution is -2.13. The molecule has 0 saturated heterocycles. The molecule has 2 unspecified atom stereocenters. The van der Waals surface area contributed by atoms with Crippen LogP contribution in [0.25, 0.3) is 0 Å². The summed E-state index contributed by atoms with van der Waals surface area (Å²) in [6, 6.07) is 0.0721. The van der Waals surface area contributed by atoms with E-state index >= 15 is 0 Å². The Hall–Kier alpha value is -0.870. The summed E-state index contributed by atoms with van der Waals surface area (Å²) in [6.45, 7) is 5.01. The smallest absolute Gasteiger partial charge is 0.0543 e. The summed E-state index contributed by atoms with van der Waals surface area (Å²) in [5.74, 6) is 0. The lowest BCUT2D eigenvalue weighted by Gasteiger charge is -2.13. The van der Waals surface area contributed by atoms with E-state index in [0.29, 0.717) is 0 Å². The SMILES string of the molecule is CCn1cc(C(N)CCC(C)OC)cn1. The highest BCUT2D eigenvalue weighted by molar-refractivity contribution is 5.09. The number of aromatic nitrogens is 2. The summed E-state index contributed by atoms with van der Waals surface area (Å²) in [6.07, 6.45) is 6.06. The first-order valence-electron chi connectivity index (χ1n) is 5.48. The van der Waals surface area contributed by atoms with Crippen LogP contribution in [0.3, 0.4) is 0 Å². The van der Waals surface area contributed by atoms with Crippen molar-refractivity contribution in [2.24, 2.45) is 5.73 Å². The second-order valence-electron chi connectivity index (χ2n) is 3.86. The van der Waals surface area contributed by atoms with E-state index in [2.05, 4.69) is 18.9 Å². The molecule has 2 atom stereocenters. The number of aryl methyl sites for hydroxylation is 1. The van der Waals surface area contributed by atoms with Gasteiger partial charge < -0.3 is 10.5 Å². The summed E-state index contributed by atoms with van der Waals surface area (Å²) in [5.41, 5.74) is 7.17. The van der Waals surface area contributed by atoms with Crippen LogP contribution < -0.4 is 5.73 Å². The van der Waals surface area contributed by atoms with Crippen LogP contribution in [-0.2, 0) is 11.3 Å².